The zero-order valence-electron chi connectivity index (χ0n) is 22.5. The van der Waals surface area contributed by atoms with Gasteiger partial charge in [0, 0.05) is 31.3 Å². The number of phenolic OH excluding ortho intramolecular Hbond substituents is 1. The summed E-state index contributed by atoms with van der Waals surface area (Å²) in [6, 6.07) is 0.233. The highest BCUT2D eigenvalue weighted by Gasteiger charge is 2.64. The maximum Gasteiger partial charge on any atom is 0.255 e. The van der Waals surface area contributed by atoms with Crippen molar-refractivity contribution in [3.8, 4) is 5.75 Å². The first kappa shape index (κ1) is 31.2. The van der Waals surface area contributed by atoms with Gasteiger partial charge in [-0.2, -0.15) is 0 Å². The van der Waals surface area contributed by atoms with Gasteiger partial charge in [0.15, 0.2) is 17.1 Å². The zero-order chi connectivity index (χ0) is 29.4. The Morgan fingerprint density at radius 2 is 1.77 bits per heavy atom. The number of nitrogens with one attached hydrogen (secondary N) is 1. The van der Waals surface area contributed by atoms with Crippen LogP contribution in [0.5, 0.6) is 5.75 Å². The minimum Gasteiger partial charge on any atom is -0.508 e. The number of aromatic hydroxyl groups is 1. The molecule has 3 unspecified atom stereocenters. The Balaban J connectivity index is 0.00000441. The molecule has 3 aliphatic carbocycles. The Morgan fingerprint density at radius 3 is 2.27 bits per heavy atom. The number of nitrogens with zero attached hydrogens (tertiary/aromatic N) is 2. The number of primary amides is 1. The summed E-state index contributed by atoms with van der Waals surface area (Å²) in [7, 11) is 2.57. The number of sulfonamides is 1. The molecule has 40 heavy (non-hydrogen) atoms. The van der Waals surface area contributed by atoms with Crippen LogP contribution in [-0.4, -0.2) is 96.8 Å². The van der Waals surface area contributed by atoms with Gasteiger partial charge in [-0.1, -0.05) is 0 Å². The molecule has 1 aromatic carbocycles. The highest BCUT2D eigenvalue weighted by atomic mass is 35.5. The van der Waals surface area contributed by atoms with Crippen molar-refractivity contribution >= 4 is 57.0 Å². The lowest BCUT2D eigenvalue weighted by Crippen LogP contribution is -2.65. The summed E-state index contributed by atoms with van der Waals surface area (Å²) >= 11 is 0. The Bertz CT molecular complexity index is 1490. The second kappa shape index (κ2) is 10.3. The van der Waals surface area contributed by atoms with E-state index in [-0.39, 0.29) is 47.8 Å². The number of carbonyl (C=O) groups excluding carboxylic acids is 3. The molecule has 0 aliphatic heterocycles. The van der Waals surface area contributed by atoms with Crippen molar-refractivity contribution in [1.29, 1.82) is 0 Å². The molecule has 15 heteroatoms. The summed E-state index contributed by atoms with van der Waals surface area (Å²) in [5.41, 5.74) is 1.80. The van der Waals surface area contributed by atoms with Crippen molar-refractivity contribution in [2.45, 2.75) is 31.4 Å². The summed E-state index contributed by atoms with van der Waals surface area (Å²) in [5.74, 6) is -8.03. The quantitative estimate of drug-likeness (QED) is 0.192. The minimum absolute atomic E-state index is 0. The molecule has 0 radical (unpaired) electrons. The van der Waals surface area contributed by atoms with Crippen LogP contribution in [-0.2, 0) is 30.8 Å². The van der Waals surface area contributed by atoms with Crippen LogP contribution in [0.25, 0.3) is 5.76 Å². The second-order valence-electron chi connectivity index (χ2n) is 10.5. The van der Waals surface area contributed by atoms with Gasteiger partial charge in [-0.3, -0.25) is 24.0 Å². The average molecular weight is 601 g/mol. The first-order valence-electron chi connectivity index (χ1n) is 12.2. The van der Waals surface area contributed by atoms with Crippen molar-refractivity contribution in [3.05, 3.63) is 34.1 Å². The van der Waals surface area contributed by atoms with Crippen LogP contribution in [0.4, 0.5) is 11.4 Å². The van der Waals surface area contributed by atoms with Crippen LogP contribution < -0.4 is 15.4 Å². The van der Waals surface area contributed by atoms with E-state index in [1.807, 2.05) is 0 Å². The molecule has 3 aliphatic rings. The van der Waals surface area contributed by atoms with Gasteiger partial charge in [0.2, 0.25) is 15.8 Å². The number of fused-ring (bicyclic) bond motifs is 3. The average Bonchev–Trinajstić information content (AvgIpc) is 2.82. The van der Waals surface area contributed by atoms with Gasteiger partial charge < -0.3 is 31.1 Å². The van der Waals surface area contributed by atoms with Crippen molar-refractivity contribution in [2.24, 2.45) is 17.6 Å². The van der Waals surface area contributed by atoms with E-state index in [0.717, 1.165) is 0 Å². The van der Waals surface area contributed by atoms with E-state index in [1.54, 1.807) is 19.0 Å². The molecule has 0 saturated heterocycles. The third-order valence-corrected chi connectivity index (χ3v) is 9.12. The third kappa shape index (κ3) is 4.39. The lowest BCUT2D eigenvalue weighted by Gasteiger charge is -2.50. The Hall–Kier alpha value is -3.33. The number of anilines is 2. The van der Waals surface area contributed by atoms with Gasteiger partial charge in [-0.25, -0.2) is 8.42 Å². The number of hydrogen-bond donors (Lipinski definition) is 6. The van der Waals surface area contributed by atoms with Gasteiger partial charge in [0.05, 0.1) is 23.0 Å². The van der Waals surface area contributed by atoms with Gasteiger partial charge in [-0.05, 0) is 51.4 Å². The van der Waals surface area contributed by atoms with Crippen LogP contribution in [0.2, 0.25) is 0 Å². The van der Waals surface area contributed by atoms with Gasteiger partial charge in [0.1, 0.15) is 17.1 Å². The SMILES string of the molecule is CCS(=O)(=O)Nc1cc(N(C)C)c2c(c1O)C(O)=C1C(=O)C3(O)C(O)=C(C(N)=O)C(=O)[C@@H](N(C)C)C3CC1C2.Cl. The van der Waals surface area contributed by atoms with E-state index in [0.29, 0.717) is 11.3 Å². The third-order valence-electron chi connectivity index (χ3n) is 7.82. The monoisotopic (exact) mass is 600 g/mol. The Kier molecular flexibility index (Phi) is 8.00. The molecule has 0 aromatic heterocycles. The molecule has 1 saturated carbocycles. The maximum atomic E-state index is 13.9. The van der Waals surface area contributed by atoms with Crippen LogP contribution in [0.15, 0.2) is 23.0 Å². The van der Waals surface area contributed by atoms with E-state index in [2.05, 4.69) is 4.72 Å². The maximum absolute atomic E-state index is 13.9. The van der Waals surface area contributed by atoms with Gasteiger partial charge in [0.25, 0.3) is 5.91 Å². The van der Waals surface area contributed by atoms with Crippen LogP contribution in [0.3, 0.4) is 0 Å². The van der Waals surface area contributed by atoms with Crippen molar-refractivity contribution < 1.29 is 43.2 Å². The fourth-order valence-corrected chi connectivity index (χ4v) is 6.64. The van der Waals surface area contributed by atoms with E-state index in [4.69, 9.17) is 5.73 Å². The van der Waals surface area contributed by atoms with Crippen molar-refractivity contribution in [1.82, 2.24) is 4.90 Å². The van der Waals surface area contributed by atoms with Crippen LogP contribution >= 0.6 is 12.4 Å². The minimum atomic E-state index is -3.84. The first-order chi connectivity index (χ1) is 18.0. The second-order valence-corrected chi connectivity index (χ2v) is 12.5. The molecule has 0 spiro atoms. The van der Waals surface area contributed by atoms with E-state index >= 15 is 0 Å². The number of aliphatic hydroxyl groups is 3. The number of aliphatic hydroxyl groups excluding tert-OH is 2. The van der Waals surface area contributed by atoms with E-state index in [9.17, 15) is 43.2 Å². The molecule has 1 aromatic rings. The lowest BCUT2D eigenvalue weighted by molar-refractivity contribution is -0.153. The number of carbonyl (C=O) groups is 3. The normalized spacial score (nSPS) is 26.1. The fraction of sp³-hybridized carbons (Fsp3) is 0.480. The number of rotatable bonds is 6. The summed E-state index contributed by atoms with van der Waals surface area (Å²) in [6.07, 6.45) is 0.0278. The zero-order valence-corrected chi connectivity index (χ0v) is 24.2. The number of benzene rings is 1. The number of ketones is 2. The van der Waals surface area contributed by atoms with Crippen molar-refractivity contribution in [3.63, 3.8) is 0 Å². The molecule has 13 nitrogen and oxygen atoms in total. The van der Waals surface area contributed by atoms with E-state index in [1.165, 1.54) is 32.0 Å². The number of halogens is 1. The molecule has 7 N–H and O–H groups in total. The molecular formula is C25H33ClN4O9S. The van der Waals surface area contributed by atoms with E-state index < -0.39 is 73.8 Å². The number of nitrogens with two attached hydrogens (primary N) is 1. The van der Waals surface area contributed by atoms with Crippen LogP contribution in [0.1, 0.15) is 24.5 Å². The Morgan fingerprint density at radius 1 is 1.18 bits per heavy atom. The lowest BCUT2D eigenvalue weighted by atomic mass is 9.57. The highest BCUT2D eigenvalue weighted by Crippen LogP contribution is 2.54. The largest absolute Gasteiger partial charge is 0.508 e. The summed E-state index contributed by atoms with van der Waals surface area (Å²) in [6.45, 7) is 1.41. The molecule has 4 rings (SSSR count). The topological polar surface area (TPSA) is 211 Å². The molecule has 0 bridgehead atoms. The smallest absolute Gasteiger partial charge is 0.255 e. The number of hydrogen-bond acceptors (Lipinski definition) is 11. The Labute approximate surface area is 237 Å². The predicted octanol–water partition coefficient (Wildman–Crippen LogP) is 0.213. The van der Waals surface area contributed by atoms with Crippen molar-refractivity contribution in [2.75, 3.05) is 43.6 Å². The molecule has 0 heterocycles. The molecule has 4 atom stereocenters. The predicted molar refractivity (Wildman–Crippen MR) is 149 cm³/mol. The number of Topliss-reactive ketones (excluding diaryl/α,β-unsaturated/α-hetero) is 2. The first-order valence-corrected chi connectivity index (χ1v) is 13.9. The molecule has 1 fully saturated rings. The summed E-state index contributed by atoms with van der Waals surface area (Å²) in [4.78, 5) is 42.3. The fourth-order valence-electron chi connectivity index (χ4n) is 6.01. The van der Waals surface area contributed by atoms with Gasteiger partial charge >= 0.3 is 0 Å². The van der Waals surface area contributed by atoms with Crippen LogP contribution in [0, 0.1) is 11.8 Å². The highest BCUT2D eigenvalue weighted by molar-refractivity contribution is 7.92. The standard InChI is InChI=1S/C25H32N4O9S.ClH/c1-6-39(37,38)27-13-9-14(28(2)3)11-7-10-8-12-18(29(4)5)21(32)17(24(26)35)23(34)25(12,36)22(33)15(10)20(31)16(11)19(13)30;/h9-10,12,18,27,30-31,34,36H,6-8H2,1-5H3,(H2,26,35);1H/t10?,12?,18-,25?;/m0./s1. The summed E-state index contributed by atoms with van der Waals surface area (Å²) in [5, 5.41) is 45.1. The van der Waals surface area contributed by atoms with Gasteiger partial charge in [-0.15, -0.1) is 12.4 Å². The number of amides is 1. The molecule has 1 amide bonds. The number of phenols is 1. The number of likely N-dealkylation sites (N-methyl/N-ethyl adjacent to an activating group) is 1. The summed E-state index contributed by atoms with van der Waals surface area (Å²) < 4.78 is 26.8. The molecule has 220 valence electrons. The molecular weight excluding hydrogens is 568 g/mol.